The van der Waals surface area contributed by atoms with E-state index in [4.69, 9.17) is 0 Å². The smallest absolute Gasteiger partial charge is 0.315 e. The minimum absolute atomic E-state index is 0.0923. The summed E-state index contributed by atoms with van der Waals surface area (Å²) in [4.78, 5) is 18.8. The minimum atomic E-state index is -0.0923. The molecule has 2 amide bonds. The van der Waals surface area contributed by atoms with Gasteiger partial charge in [-0.05, 0) is 43.4 Å². The highest BCUT2D eigenvalue weighted by molar-refractivity contribution is 5.74. The summed E-state index contributed by atoms with van der Waals surface area (Å²) in [5.74, 6) is 0.588. The van der Waals surface area contributed by atoms with Crippen molar-refractivity contribution in [2.24, 2.45) is 5.92 Å². The largest absolute Gasteiger partial charge is 0.338 e. The van der Waals surface area contributed by atoms with Crippen molar-refractivity contribution in [1.29, 1.82) is 0 Å². The second kappa shape index (κ2) is 7.27. The summed E-state index contributed by atoms with van der Waals surface area (Å²) in [7, 11) is 0. The first-order chi connectivity index (χ1) is 12.3. The maximum absolute atomic E-state index is 12.1. The van der Waals surface area contributed by atoms with Gasteiger partial charge >= 0.3 is 6.03 Å². The van der Waals surface area contributed by atoms with Crippen LogP contribution in [0.2, 0.25) is 0 Å². The van der Waals surface area contributed by atoms with Crippen LogP contribution < -0.4 is 10.6 Å². The third-order valence-corrected chi connectivity index (χ3v) is 5.15. The molecule has 1 unspecified atom stereocenters. The number of carbonyl (C=O) groups excluding carboxylic acids is 1. The van der Waals surface area contributed by atoms with Gasteiger partial charge in [0.15, 0.2) is 0 Å². The summed E-state index contributed by atoms with van der Waals surface area (Å²) in [6, 6.07) is 8.77. The zero-order chi connectivity index (χ0) is 17.1. The second-order valence-electron chi connectivity index (χ2n) is 7.04. The van der Waals surface area contributed by atoms with Crippen molar-refractivity contribution in [2.75, 3.05) is 19.6 Å². The van der Waals surface area contributed by atoms with Gasteiger partial charge in [0.05, 0.1) is 12.0 Å². The Labute approximate surface area is 148 Å². The molecule has 2 aliphatic rings. The maximum Gasteiger partial charge on any atom is 0.315 e. The monoisotopic (exact) mass is 339 g/mol. The molecule has 4 rings (SSSR count). The first-order valence-corrected chi connectivity index (χ1v) is 9.11. The molecule has 1 atom stereocenters. The Morgan fingerprint density at radius 3 is 2.88 bits per heavy atom. The fourth-order valence-electron chi connectivity index (χ4n) is 3.59. The molecule has 2 fully saturated rings. The zero-order valence-corrected chi connectivity index (χ0v) is 14.4. The molecule has 1 saturated carbocycles. The molecule has 1 aliphatic carbocycles. The summed E-state index contributed by atoms with van der Waals surface area (Å²) in [6.45, 7) is 3.59. The maximum atomic E-state index is 12.1. The van der Waals surface area contributed by atoms with Crippen LogP contribution in [-0.4, -0.2) is 46.2 Å². The van der Waals surface area contributed by atoms with Crippen LogP contribution in [0.25, 0.3) is 5.69 Å². The quantitative estimate of drug-likeness (QED) is 0.848. The molecule has 0 bridgehead atoms. The molecule has 132 valence electrons. The van der Waals surface area contributed by atoms with Crippen LogP contribution in [0.1, 0.15) is 24.8 Å². The van der Waals surface area contributed by atoms with Gasteiger partial charge in [0.25, 0.3) is 0 Å². The SMILES string of the molecule is O=C(NCc1ccccc1-n1ccnc1)NCC1CCN(C2CC2)C1. The average molecular weight is 339 g/mol. The van der Waals surface area contributed by atoms with Crippen molar-refractivity contribution in [3.8, 4) is 5.69 Å². The third kappa shape index (κ3) is 4.02. The van der Waals surface area contributed by atoms with Crippen molar-refractivity contribution in [1.82, 2.24) is 25.1 Å². The number of likely N-dealkylation sites (tertiary alicyclic amines) is 1. The molecule has 1 saturated heterocycles. The Morgan fingerprint density at radius 2 is 2.08 bits per heavy atom. The molecular formula is C19H25N5O. The van der Waals surface area contributed by atoms with E-state index in [0.29, 0.717) is 12.5 Å². The minimum Gasteiger partial charge on any atom is -0.338 e. The van der Waals surface area contributed by atoms with Crippen LogP contribution >= 0.6 is 0 Å². The summed E-state index contributed by atoms with van der Waals surface area (Å²) in [5.41, 5.74) is 2.10. The van der Waals surface area contributed by atoms with E-state index in [0.717, 1.165) is 30.4 Å². The first kappa shape index (κ1) is 16.1. The van der Waals surface area contributed by atoms with E-state index in [1.54, 1.807) is 12.5 Å². The Kier molecular flexibility index (Phi) is 4.70. The number of hydrogen-bond donors (Lipinski definition) is 2. The fraction of sp³-hybridized carbons (Fsp3) is 0.474. The second-order valence-corrected chi connectivity index (χ2v) is 7.04. The van der Waals surface area contributed by atoms with Gasteiger partial charge in [0.1, 0.15) is 0 Å². The Morgan fingerprint density at radius 1 is 1.20 bits per heavy atom. The first-order valence-electron chi connectivity index (χ1n) is 9.11. The number of para-hydroxylation sites is 1. The Bertz CT molecular complexity index is 710. The van der Waals surface area contributed by atoms with Crippen molar-refractivity contribution >= 4 is 6.03 Å². The van der Waals surface area contributed by atoms with Gasteiger partial charge < -0.3 is 20.1 Å². The number of benzene rings is 1. The molecule has 0 radical (unpaired) electrons. The van der Waals surface area contributed by atoms with E-state index < -0.39 is 0 Å². The number of aromatic nitrogens is 2. The Hall–Kier alpha value is -2.34. The topological polar surface area (TPSA) is 62.2 Å². The van der Waals surface area contributed by atoms with Gasteiger partial charge in [0, 0.05) is 38.1 Å². The molecule has 6 heteroatoms. The summed E-state index contributed by atoms with van der Waals surface area (Å²) < 4.78 is 1.96. The van der Waals surface area contributed by atoms with Gasteiger partial charge in [-0.2, -0.15) is 0 Å². The van der Waals surface area contributed by atoms with Crippen LogP contribution in [0.4, 0.5) is 4.79 Å². The lowest BCUT2D eigenvalue weighted by molar-refractivity contribution is 0.238. The van der Waals surface area contributed by atoms with Crippen LogP contribution in [0.15, 0.2) is 43.0 Å². The lowest BCUT2D eigenvalue weighted by atomic mass is 10.1. The molecule has 2 heterocycles. The van der Waals surface area contributed by atoms with E-state index in [1.165, 1.54) is 25.8 Å². The molecule has 0 spiro atoms. The predicted octanol–water partition coefficient (Wildman–Crippen LogP) is 2.16. The van der Waals surface area contributed by atoms with Crippen molar-refractivity contribution in [2.45, 2.75) is 31.8 Å². The predicted molar refractivity (Wildman–Crippen MR) is 96.5 cm³/mol. The van der Waals surface area contributed by atoms with Crippen molar-refractivity contribution in [3.05, 3.63) is 48.5 Å². The fourth-order valence-corrected chi connectivity index (χ4v) is 3.59. The van der Waals surface area contributed by atoms with Gasteiger partial charge in [-0.15, -0.1) is 0 Å². The number of imidazole rings is 1. The zero-order valence-electron chi connectivity index (χ0n) is 14.4. The molecule has 25 heavy (non-hydrogen) atoms. The van der Waals surface area contributed by atoms with Crippen LogP contribution in [0.5, 0.6) is 0 Å². The number of hydrogen-bond acceptors (Lipinski definition) is 3. The highest BCUT2D eigenvalue weighted by Crippen LogP contribution is 2.31. The van der Waals surface area contributed by atoms with Gasteiger partial charge in [-0.25, -0.2) is 9.78 Å². The van der Waals surface area contributed by atoms with Gasteiger partial charge in [-0.3, -0.25) is 0 Å². The van der Waals surface area contributed by atoms with Crippen molar-refractivity contribution in [3.63, 3.8) is 0 Å². The van der Waals surface area contributed by atoms with E-state index in [-0.39, 0.29) is 6.03 Å². The van der Waals surface area contributed by atoms with E-state index >= 15 is 0 Å². The van der Waals surface area contributed by atoms with Crippen LogP contribution in [0, 0.1) is 5.92 Å². The number of amides is 2. The summed E-state index contributed by atoms with van der Waals surface area (Å²) in [6.07, 6.45) is 9.34. The number of carbonyl (C=O) groups is 1. The normalized spacial score (nSPS) is 20.6. The molecule has 6 nitrogen and oxygen atoms in total. The number of rotatable bonds is 6. The third-order valence-electron chi connectivity index (χ3n) is 5.15. The van der Waals surface area contributed by atoms with Gasteiger partial charge in [0.2, 0.25) is 0 Å². The van der Waals surface area contributed by atoms with E-state index in [1.807, 2.05) is 35.0 Å². The molecular weight excluding hydrogens is 314 g/mol. The van der Waals surface area contributed by atoms with Crippen molar-refractivity contribution < 1.29 is 4.79 Å². The van der Waals surface area contributed by atoms with Crippen LogP contribution in [0.3, 0.4) is 0 Å². The lowest BCUT2D eigenvalue weighted by Gasteiger charge is -2.16. The Balaban J connectivity index is 1.25. The molecule has 2 aromatic rings. The van der Waals surface area contributed by atoms with Crippen LogP contribution in [-0.2, 0) is 6.54 Å². The standard InChI is InChI=1S/C19H25N5O/c25-19(21-11-15-7-9-23(13-15)17-5-6-17)22-12-16-3-1-2-4-18(16)24-10-8-20-14-24/h1-4,8,10,14-15,17H,5-7,9,11-13H2,(H2,21,22,25). The number of nitrogens with zero attached hydrogens (tertiary/aromatic N) is 3. The highest BCUT2D eigenvalue weighted by atomic mass is 16.2. The summed E-state index contributed by atoms with van der Waals surface area (Å²) >= 11 is 0. The van der Waals surface area contributed by atoms with E-state index in [9.17, 15) is 4.79 Å². The average Bonchev–Trinajstić information content (AvgIpc) is 3.15. The van der Waals surface area contributed by atoms with Gasteiger partial charge in [-0.1, -0.05) is 18.2 Å². The molecule has 1 aromatic heterocycles. The highest BCUT2D eigenvalue weighted by Gasteiger charge is 2.34. The summed E-state index contributed by atoms with van der Waals surface area (Å²) in [5, 5.41) is 6.01. The number of nitrogens with one attached hydrogen (secondary N) is 2. The molecule has 2 N–H and O–H groups in total. The molecule has 1 aromatic carbocycles. The molecule has 1 aliphatic heterocycles. The van der Waals surface area contributed by atoms with E-state index in [2.05, 4.69) is 20.5 Å². The number of urea groups is 1. The lowest BCUT2D eigenvalue weighted by Crippen LogP contribution is -2.38.